The Balaban J connectivity index is 1.99. The fourth-order valence-electron chi connectivity index (χ4n) is 2.28. The van der Waals surface area contributed by atoms with Gasteiger partial charge in [0.1, 0.15) is 5.75 Å². The summed E-state index contributed by atoms with van der Waals surface area (Å²) in [5, 5.41) is 10.8. The van der Waals surface area contributed by atoms with E-state index >= 15 is 0 Å². The molecule has 0 saturated carbocycles. The molecule has 0 unspecified atom stereocenters. The van der Waals surface area contributed by atoms with Crippen molar-refractivity contribution >= 4 is 29.2 Å². The molecule has 0 bridgehead atoms. The minimum Gasteiger partial charge on any atom is -0.496 e. The summed E-state index contributed by atoms with van der Waals surface area (Å²) in [5.74, 6) is -0.726. The number of likely N-dealkylation sites (N-methyl/N-ethyl adjacent to an activating group) is 1. The van der Waals surface area contributed by atoms with Gasteiger partial charge in [0.05, 0.1) is 22.6 Å². The first kappa shape index (κ1) is 20.2. The Morgan fingerprint density at radius 2 is 1.93 bits per heavy atom. The first-order valence-corrected chi connectivity index (χ1v) is 8.18. The molecule has 142 valence electrons. The van der Waals surface area contributed by atoms with Crippen LogP contribution in [0, 0.1) is 10.1 Å². The Morgan fingerprint density at radius 3 is 2.59 bits per heavy atom. The highest BCUT2D eigenvalue weighted by molar-refractivity contribution is 6.33. The van der Waals surface area contributed by atoms with Gasteiger partial charge in [-0.3, -0.25) is 14.9 Å². The lowest BCUT2D eigenvalue weighted by Crippen LogP contribution is -2.31. The predicted molar refractivity (Wildman–Crippen MR) is 97.9 cm³/mol. The quantitative estimate of drug-likeness (QED) is 0.408. The molecule has 27 heavy (non-hydrogen) atoms. The van der Waals surface area contributed by atoms with Crippen molar-refractivity contribution in [3.05, 3.63) is 68.7 Å². The molecule has 0 spiro atoms. The molecule has 0 fully saturated rings. The van der Waals surface area contributed by atoms with Crippen LogP contribution in [0.3, 0.4) is 0 Å². The number of halogens is 1. The number of rotatable bonds is 7. The number of hydrogen-bond donors (Lipinski definition) is 0. The highest BCUT2D eigenvalue weighted by atomic mass is 35.5. The molecule has 0 atom stereocenters. The molecular weight excluding hydrogens is 376 g/mol. The Kier molecular flexibility index (Phi) is 6.73. The van der Waals surface area contributed by atoms with Gasteiger partial charge in [-0.15, -0.1) is 0 Å². The summed E-state index contributed by atoms with van der Waals surface area (Å²) in [6, 6.07) is 10.6. The molecule has 2 rings (SSSR count). The van der Waals surface area contributed by atoms with E-state index in [0.717, 1.165) is 11.6 Å². The van der Waals surface area contributed by atoms with E-state index in [-0.39, 0.29) is 22.8 Å². The van der Waals surface area contributed by atoms with E-state index < -0.39 is 23.4 Å². The van der Waals surface area contributed by atoms with Gasteiger partial charge in [-0.25, -0.2) is 4.79 Å². The number of para-hydroxylation sites is 1. The van der Waals surface area contributed by atoms with Crippen molar-refractivity contribution < 1.29 is 24.0 Å². The van der Waals surface area contributed by atoms with Crippen LogP contribution in [0.2, 0.25) is 5.02 Å². The van der Waals surface area contributed by atoms with Crippen molar-refractivity contribution in [2.45, 2.75) is 6.54 Å². The van der Waals surface area contributed by atoms with Gasteiger partial charge in [-0.1, -0.05) is 29.8 Å². The molecular formula is C18H17ClN2O6. The Hall–Kier alpha value is -3.13. The van der Waals surface area contributed by atoms with Gasteiger partial charge >= 0.3 is 5.97 Å². The summed E-state index contributed by atoms with van der Waals surface area (Å²) in [6.07, 6.45) is 0. The molecule has 0 aliphatic rings. The average Bonchev–Trinajstić information content (AvgIpc) is 2.66. The van der Waals surface area contributed by atoms with Crippen molar-refractivity contribution in [1.82, 2.24) is 4.90 Å². The summed E-state index contributed by atoms with van der Waals surface area (Å²) >= 11 is 5.88. The molecule has 0 aliphatic carbocycles. The summed E-state index contributed by atoms with van der Waals surface area (Å²) in [7, 11) is 3.09. The smallest absolute Gasteiger partial charge is 0.340 e. The normalized spacial score (nSPS) is 10.2. The van der Waals surface area contributed by atoms with Crippen LogP contribution in [0.25, 0.3) is 0 Å². The van der Waals surface area contributed by atoms with Crippen molar-refractivity contribution in [1.29, 1.82) is 0 Å². The molecule has 0 aromatic heterocycles. The zero-order valence-corrected chi connectivity index (χ0v) is 15.4. The molecule has 0 heterocycles. The number of nitrogens with zero attached hydrogens (tertiary/aromatic N) is 2. The number of carbonyl (C=O) groups is 2. The summed E-state index contributed by atoms with van der Waals surface area (Å²) in [5.41, 5.74) is 0.320. The Morgan fingerprint density at radius 1 is 1.22 bits per heavy atom. The summed E-state index contributed by atoms with van der Waals surface area (Å²) in [6.45, 7) is -0.262. The van der Waals surface area contributed by atoms with E-state index in [1.54, 1.807) is 13.1 Å². The molecule has 0 aliphatic heterocycles. The van der Waals surface area contributed by atoms with Crippen LogP contribution >= 0.6 is 11.6 Å². The van der Waals surface area contributed by atoms with Crippen LogP contribution in [0.15, 0.2) is 42.5 Å². The van der Waals surface area contributed by atoms with E-state index in [9.17, 15) is 19.7 Å². The maximum absolute atomic E-state index is 12.2. The van der Waals surface area contributed by atoms with Crippen LogP contribution in [-0.2, 0) is 16.1 Å². The second-order valence-corrected chi connectivity index (χ2v) is 5.97. The molecule has 9 heteroatoms. The molecule has 0 N–H and O–H groups in total. The van der Waals surface area contributed by atoms with E-state index in [1.807, 2.05) is 18.2 Å². The largest absolute Gasteiger partial charge is 0.496 e. The van der Waals surface area contributed by atoms with Crippen LogP contribution in [-0.4, -0.2) is 42.5 Å². The second-order valence-electron chi connectivity index (χ2n) is 5.56. The first-order chi connectivity index (χ1) is 12.8. The Bertz CT molecular complexity index is 871. The minimum absolute atomic E-state index is 0.000394. The highest BCUT2D eigenvalue weighted by Crippen LogP contribution is 2.23. The van der Waals surface area contributed by atoms with Gasteiger partial charge in [-0.2, -0.15) is 0 Å². The Labute approximate surface area is 160 Å². The number of methoxy groups -OCH3 is 1. The molecule has 2 aromatic rings. The van der Waals surface area contributed by atoms with Crippen LogP contribution < -0.4 is 4.74 Å². The van der Waals surface area contributed by atoms with Crippen molar-refractivity contribution in [3.8, 4) is 5.75 Å². The number of amides is 1. The second kappa shape index (κ2) is 9.00. The fraction of sp³-hybridized carbons (Fsp3) is 0.222. The standard InChI is InChI=1S/C18H17ClN2O6/c1-20(10-12-5-3-4-6-16(12)26-2)17(22)11-27-18(23)14-9-13(21(24)25)7-8-15(14)19/h3-9H,10-11H2,1-2H3. The maximum Gasteiger partial charge on any atom is 0.340 e. The molecule has 0 saturated heterocycles. The van der Waals surface area contributed by atoms with E-state index in [4.69, 9.17) is 21.1 Å². The lowest BCUT2D eigenvalue weighted by molar-refractivity contribution is -0.384. The molecule has 2 aromatic carbocycles. The lowest BCUT2D eigenvalue weighted by atomic mass is 10.2. The SMILES string of the molecule is COc1ccccc1CN(C)C(=O)COC(=O)c1cc([N+](=O)[O-])ccc1Cl. The molecule has 0 radical (unpaired) electrons. The van der Waals surface area contributed by atoms with Gasteiger partial charge < -0.3 is 14.4 Å². The van der Waals surface area contributed by atoms with Crippen molar-refractivity contribution in [2.24, 2.45) is 0 Å². The first-order valence-electron chi connectivity index (χ1n) is 7.80. The third kappa shape index (κ3) is 5.18. The van der Waals surface area contributed by atoms with Gasteiger partial charge in [0, 0.05) is 31.3 Å². The molecule has 1 amide bonds. The van der Waals surface area contributed by atoms with E-state index in [1.165, 1.54) is 24.1 Å². The zero-order valence-electron chi connectivity index (χ0n) is 14.7. The third-order valence-corrected chi connectivity index (χ3v) is 4.06. The van der Waals surface area contributed by atoms with Crippen molar-refractivity contribution in [3.63, 3.8) is 0 Å². The van der Waals surface area contributed by atoms with E-state index in [0.29, 0.717) is 5.75 Å². The number of carbonyl (C=O) groups excluding carboxylic acids is 2. The maximum atomic E-state index is 12.2. The van der Waals surface area contributed by atoms with E-state index in [2.05, 4.69) is 0 Å². The number of hydrogen-bond acceptors (Lipinski definition) is 6. The topological polar surface area (TPSA) is 99.0 Å². The number of non-ortho nitro benzene ring substituents is 1. The summed E-state index contributed by atoms with van der Waals surface area (Å²) in [4.78, 5) is 35.8. The zero-order chi connectivity index (χ0) is 20.0. The fourth-order valence-corrected chi connectivity index (χ4v) is 2.47. The molecule has 8 nitrogen and oxygen atoms in total. The lowest BCUT2D eigenvalue weighted by Gasteiger charge is -2.18. The monoisotopic (exact) mass is 392 g/mol. The minimum atomic E-state index is -0.914. The number of nitro benzene ring substituents is 1. The highest BCUT2D eigenvalue weighted by Gasteiger charge is 2.19. The van der Waals surface area contributed by atoms with Crippen LogP contribution in [0.4, 0.5) is 5.69 Å². The predicted octanol–water partition coefficient (Wildman–Crippen LogP) is 3.07. The number of nitro groups is 1. The summed E-state index contributed by atoms with van der Waals surface area (Å²) < 4.78 is 10.2. The van der Waals surface area contributed by atoms with Crippen molar-refractivity contribution in [2.75, 3.05) is 20.8 Å². The third-order valence-electron chi connectivity index (χ3n) is 3.73. The van der Waals surface area contributed by atoms with Gasteiger partial charge in [0.15, 0.2) is 6.61 Å². The van der Waals surface area contributed by atoms with Gasteiger partial charge in [-0.05, 0) is 12.1 Å². The number of ether oxygens (including phenoxy) is 2. The number of benzene rings is 2. The van der Waals surface area contributed by atoms with Crippen LogP contribution in [0.5, 0.6) is 5.75 Å². The van der Waals surface area contributed by atoms with Crippen LogP contribution in [0.1, 0.15) is 15.9 Å². The average molecular weight is 393 g/mol. The van der Waals surface area contributed by atoms with Gasteiger partial charge in [0.2, 0.25) is 0 Å². The number of esters is 1. The van der Waals surface area contributed by atoms with Gasteiger partial charge in [0.25, 0.3) is 11.6 Å².